The lowest BCUT2D eigenvalue weighted by Crippen LogP contribution is -2.44. The molecule has 0 aromatic carbocycles. The van der Waals surface area contributed by atoms with Crippen LogP contribution in [0.25, 0.3) is 0 Å². The van der Waals surface area contributed by atoms with Crippen LogP contribution in [-0.2, 0) is 10.1 Å². The van der Waals surface area contributed by atoms with Crippen LogP contribution in [0.1, 0.15) is 45.4 Å². The average Bonchev–Trinajstić information content (AvgIpc) is 2.57. The fourth-order valence-electron chi connectivity index (χ4n) is 3.67. The molecule has 3 N–H and O–H groups in total. The third kappa shape index (κ3) is 2.31. The van der Waals surface area contributed by atoms with Crippen molar-refractivity contribution in [2.24, 2.45) is 11.3 Å². The van der Waals surface area contributed by atoms with E-state index in [9.17, 15) is 18.6 Å². The smallest absolute Gasteiger partial charge is 0.267 e. The molecule has 0 bridgehead atoms. The van der Waals surface area contributed by atoms with Crippen molar-refractivity contribution >= 4 is 10.1 Å². The van der Waals surface area contributed by atoms with Crippen LogP contribution >= 0.6 is 0 Å². The standard InChI is InChI=1S/C12H22O5S/c1-8(18(15,16)17)9-4-6-12(7-5-9)10(13)2-3-11(12)14/h8-11,13-14H,2-7H2,1H3,(H,15,16,17). The first-order chi connectivity index (χ1) is 8.27. The summed E-state index contributed by atoms with van der Waals surface area (Å²) in [4.78, 5) is 0. The highest BCUT2D eigenvalue weighted by Crippen LogP contribution is 2.51. The number of aliphatic hydroxyl groups is 2. The first kappa shape index (κ1) is 14.2. The minimum Gasteiger partial charge on any atom is -0.392 e. The Bertz CT molecular complexity index is 385. The zero-order chi connectivity index (χ0) is 13.6. The summed E-state index contributed by atoms with van der Waals surface area (Å²) in [6.45, 7) is 1.53. The molecule has 2 fully saturated rings. The molecule has 2 aliphatic rings. The number of aliphatic hydroxyl groups excluding tert-OH is 2. The molecule has 5 nitrogen and oxygen atoms in total. The minimum absolute atomic E-state index is 0.0781. The Morgan fingerprint density at radius 1 is 1.06 bits per heavy atom. The maximum absolute atomic E-state index is 11.1. The van der Waals surface area contributed by atoms with Gasteiger partial charge in [0, 0.05) is 5.41 Å². The van der Waals surface area contributed by atoms with Crippen LogP contribution < -0.4 is 0 Å². The van der Waals surface area contributed by atoms with Crippen molar-refractivity contribution in [3.05, 3.63) is 0 Å². The Balaban J connectivity index is 2.04. The molecule has 2 saturated carbocycles. The molecule has 0 heterocycles. The second kappa shape index (κ2) is 4.74. The predicted octanol–water partition coefficient (Wildman–Crippen LogP) is 0.955. The summed E-state index contributed by atoms with van der Waals surface area (Å²) in [6, 6.07) is 0. The van der Waals surface area contributed by atoms with Crippen molar-refractivity contribution in [2.45, 2.75) is 62.9 Å². The molecule has 3 unspecified atom stereocenters. The van der Waals surface area contributed by atoms with Crippen molar-refractivity contribution in [1.29, 1.82) is 0 Å². The van der Waals surface area contributed by atoms with Gasteiger partial charge in [0.2, 0.25) is 0 Å². The fraction of sp³-hybridized carbons (Fsp3) is 1.00. The summed E-state index contributed by atoms with van der Waals surface area (Å²) in [5.74, 6) is -0.0781. The highest BCUT2D eigenvalue weighted by Gasteiger charge is 2.51. The van der Waals surface area contributed by atoms with Gasteiger partial charge >= 0.3 is 0 Å². The van der Waals surface area contributed by atoms with Gasteiger partial charge in [-0.15, -0.1) is 0 Å². The summed E-state index contributed by atoms with van der Waals surface area (Å²) in [7, 11) is -3.99. The molecule has 2 aliphatic carbocycles. The van der Waals surface area contributed by atoms with Gasteiger partial charge in [0.05, 0.1) is 17.5 Å². The lowest BCUT2D eigenvalue weighted by molar-refractivity contribution is -0.0571. The molecule has 1 spiro atoms. The fourth-order valence-corrected chi connectivity index (χ4v) is 4.43. The van der Waals surface area contributed by atoms with Gasteiger partial charge in [-0.05, 0) is 51.4 Å². The largest absolute Gasteiger partial charge is 0.392 e. The van der Waals surface area contributed by atoms with Crippen LogP contribution in [0, 0.1) is 11.3 Å². The molecular weight excluding hydrogens is 256 g/mol. The van der Waals surface area contributed by atoms with Crippen molar-refractivity contribution in [3.63, 3.8) is 0 Å². The average molecular weight is 278 g/mol. The Kier molecular flexibility index (Phi) is 3.75. The second-order valence-corrected chi connectivity index (χ2v) is 7.67. The topological polar surface area (TPSA) is 94.8 Å². The molecule has 0 aromatic rings. The number of hydrogen-bond donors (Lipinski definition) is 3. The van der Waals surface area contributed by atoms with E-state index >= 15 is 0 Å². The Morgan fingerprint density at radius 3 is 1.89 bits per heavy atom. The number of hydrogen-bond acceptors (Lipinski definition) is 4. The van der Waals surface area contributed by atoms with Gasteiger partial charge < -0.3 is 10.2 Å². The van der Waals surface area contributed by atoms with Crippen LogP contribution in [0.4, 0.5) is 0 Å². The SMILES string of the molecule is CC(C1CCC2(CC1)C(O)CCC2O)S(=O)(=O)O. The highest BCUT2D eigenvalue weighted by molar-refractivity contribution is 7.86. The van der Waals surface area contributed by atoms with Gasteiger partial charge in [-0.3, -0.25) is 4.55 Å². The van der Waals surface area contributed by atoms with Crippen LogP contribution in [0.2, 0.25) is 0 Å². The van der Waals surface area contributed by atoms with Crippen molar-refractivity contribution in [3.8, 4) is 0 Å². The number of rotatable bonds is 2. The molecule has 0 radical (unpaired) electrons. The lowest BCUT2D eigenvalue weighted by Gasteiger charge is -2.42. The van der Waals surface area contributed by atoms with Gasteiger partial charge in [0.25, 0.3) is 10.1 Å². The molecule has 18 heavy (non-hydrogen) atoms. The van der Waals surface area contributed by atoms with Crippen LogP contribution in [-0.4, -0.2) is 40.6 Å². The van der Waals surface area contributed by atoms with E-state index in [-0.39, 0.29) is 5.92 Å². The summed E-state index contributed by atoms with van der Waals surface area (Å²) < 4.78 is 31.3. The lowest BCUT2D eigenvalue weighted by atomic mass is 9.66. The quantitative estimate of drug-likeness (QED) is 0.654. The van der Waals surface area contributed by atoms with E-state index in [1.54, 1.807) is 0 Å². The monoisotopic (exact) mass is 278 g/mol. The predicted molar refractivity (Wildman–Crippen MR) is 66.6 cm³/mol. The summed E-state index contributed by atoms with van der Waals surface area (Å²) in [5, 5.41) is 19.3. The van der Waals surface area contributed by atoms with Gasteiger partial charge in [0.1, 0.15) is 0 Å². The van der Waals surface area contributed by atoms with Crippen LogP contribution in [0.3, 0.4) is 0 Å². The van der Waals surface area contributed by atoms with Crippen LogP contribution in [0.15, 0.2) is 0 Å². The maximum Gasteiger partial charge on any atom is 0.267 e. The summed E-state index contributed by atoms with van der Waals surface area (Å²) >= 11 is 0. The van der Waals surface area contributed by atoms with E-state index < -0.39 is 33.0 Å². The van der Waals surface area contributed by atoms with E-state index in [2.05, 4.69) is 0 Å². The van der Waals surface area contributed by atoms with Gasteiger partial charge in [-0.25, -0.2) is 0 Å². The van der Waals surface area contributed by atoms with E-state index in [0.29, 0.717) is 38.5 Å². The molecule has 0 aliphatic heterocycles. The summed E-state index contributed by atoms with van der Waals surface area (Å²) in [5.41, 5.74) is -0.435. The van der Waals surface area contributed by atoms with E-state index in [1.165, 1.54) is 6.92 Å². The molecule has 2 rings (SSSR count). The Morgan fingerprint density at radius 2 is 1.50 bits per heavy atom. The molecule has 3 atom stereocenters. The first-order valence-corrected chi connectivity index (χ1v) is 8.10. The van der Waals surface area contributed by atoms with Crippen molar-refractivity contribution < 1.29 is 23.2 Å². The van der Waals surface area contributed by atoms with Gasteiger partial charge in [0.15, 0.2) is 0 Å². The normalized spacial score (nSPS) is 43.2. The molecule has 6 heteroatoms. The molecule has 106 valence electrons. The highest BCUT2D eigenvalue weighted by atomic mass is 32.2. The molecule has 0 saturated heterocycles. The van der Waals surface area contributed by atoms with Gasteiger partial charge in [-0.2, -0.15) is 8.42 Å². The molecular formula is C12H22O5S. The third-order valence-corrected chi connectivity index (χ3v) is 6.46. The van der Waals surface area contributed by atoms with E-state index in [1.807, 2.05) is 0 Å². The van der Waals surface area contributed by atoms with Crippen molar-refractivity contribution in [1.82, 2.24) is 0 Å². The minimum atomic E-state index is -3.99. The van der Waals surface area contributed by atoms with Crippen molar-refractivity contribution in [2.75, 3.05) is 0 Å². The zero-order valence-corrected chi connectivity index (χ0v) is 11.4. The zero-order valence-electron chi connectivity index (χ0n) is 10.6. The van der Waals surface area contributed by atoms with E-state index in [0.717, 1.165) is 0 Å². The third-order valence-electron chi connectivity index (χ3n) is 5.14. The Hall–Kier alpha value is -0.170. The summed E-state index contributed by atoms with van der Waals surface area (Å²) in [6.07, 6.45) is 2.84. The maximum atomic E-state index is 11.1. The first-order valence-electron chi connectivity index (χ1n) is 6.60. The molecule has 0 aromatic heterocycles. The van der Waals surface area contributed by atoms with Gasteiger partial charge in [-0.1, -0.05) is 0 Å². The second-order valence-electron chi connectivity index (χ2n) is 5.90. The molecule has 0 amide bonds. The van der Waals surface area contributed by atoms with E-state index in [4.69, 9.17) is 4.55 Å². The Labute approximate surface area is 108 Å². The van der Waals surface area contributed by atoms with Crippen LogP contribution in [0.5, 0.6) is 0 Å².